The summed E-state index contributed by atoms with van der Waals surface area (Å²) in [4.78, 5) is 25.9. The number of carbonyl (C=O) groups excluding carboxylic acids is 1. The number of amides is 1. The molecule has 0 heterocycles. The number of nitro benzene ring substituents is 1. The van der Waals surface area contributed by atoms with Crippen molar-refractivity contribution in [3.63, 3.8) is 0 Å². The van der Waals surface area contributed by atoms with Gasteiger partial charge in [-0.05, 0) is 29.7 Å². The Morgan fingerprint density at radius 3 is 2.18 bits per heavy atom. The fourth-order valence-corrected chi connectivity index (χ4v) is 3.73. The van der Waals surface area contributed by atoms with Gasteiger partial charge in [0.05, 0.1) is 30.7 Å². The Bertz CT molecular complexity index is 1020. The van der Waals surface area contributed by atoms with Crippen molar-refractivity contribution < 1.29 is 19.6 Å². The quantitative estimate of drug-likeness (QED) is 0.338. The summed E-state index contributed by atoms with van der Waals surface area (Å²) in [5.41, 5.74) is 1.87. The van der Waals surface area contributed by atoms with Gasteiger partial charge < -0.3 is 15.2 Å². The van der Waals surface area contributed by atoms with Gasteiger partial charge in [0.2, 0.25) is 5.91 Å². The third-order valence-corrected chi connectivity index (χ3v) is 5.22. The van der Waals surface area contributed by atoms with Crippen molar-refractivity contribution in [2.75, 3.05) is 32.1 Å². The third-order valence-electron chi connectivity index (χ3n) is 5.22. The minimum absolute atomic E-state index is 0.0155. The summed E-state index contributed by atoms with van der Waals surface area (Å²) in [6, 6.07) is 23.7. The molecule has 3 aromatic rings. The highest BCUT2D eigenvalue weighted by Gasteiger charge is 2.25. The number of aliphatic hydroxyl groups is 1. The molecule has 0 unspecified atom stereocenters. The van der Waals surface area contributed by atoms with Crippen LogP contribution < -0.4 is 10.1 Å². The van der Waals surface area contributed by atoms with E-state index in [2.05, 4.69) is 5.32 Å². The van der Waals surface area contributed by atoms with Crippen LogP contribution in [0.4, 0.5) is 11.4 Å². The SMILES string of the molecule is COc1ccc(NC(=O)CN(CCCO)C(c2ccccc2)c2ccccc2)c([N+](=O)[O-])c1. The van der Waals surface area contributed by atoms with Gasteiger partial charge in [-0.2, -0.15) is 0 Å². The highest BCUT2D eigenvalue weighted by molar-refractivity contribution is 5.94. The first-order valence-electron chi connectivity index (χ1n) is 10.6. The number of carbonyl (C=O) groups is 1. The van der Waals surface area contributed by atoms with Crippen LogP contribution in [0.15, 0.2) is 78.9 Å². The fourth-order valence-electron chi connectivity index (χ4n) is 3.73. The standard InChI is InChI=1S/C25H27N3O5/c1-33-21-13-14-22(23(17-21)28(31)32)26-24(30)18-27(15-8-16-29)25(19-9-4-2-5-10-19)20-11-6-3-7-12-20/h2-7,9-14,17,25,29H,8,15-16,18H2,1H3,(H,26,30). The lowest BCUT2D eigenvalue weighted by molar-refractivity contribution is -0.384. The number of aliphatic hydroxyl groups excluding tert-OH is 1. The Hall–Kier alpha value is -3.75. The van der Waals surface area contributed by atoms with Crippen LogP contribution in [-0.2, 0) is 4.79 Å². The fraction of sp³-hybridized carbons (Fsp3) is 0.240. The number of ether oxygens (including phenoxy) is 1. The highest BCUT2D eigenvalue weighted by Crippen LogP contribution is 2.31. The van der Waals surface area contributed by atoms with E-state index in [0.29, 0.717) is 18.7 Å². The zero-order valence-electron chi connectivity index (χ0n) is 18.4. The molecule has 3 aromatic carbocycles. The Morgan fingerprint density at radius 2 is 1.67 bits per heavy atom. The van der Waals surface area contributed by atoms with E-state index in [-0.39, 0.29) is 30.6 Å². The third kappa shape index (κ3) is 6.38. The maximum atomic E-state index is 13.0. The van der Waals surface area contributed by atoms with Crippen LogP contribution in [0.5, 0.6) is 5.75 Å². The molecule has 8 heteroatoms. The molecule has 0 atom stereocenters. The largest absolute Gasteiger partial charge is 0.496 e. The lowest BCUT2D eigenvalue weighted by atomic mass is 9.96. The van der Waals surface area contributed by atoms with E-state index in [1.165, 1.54) is 19.2 Å². The molecular formula is C25H27N3O5. The van der Waals surface area contributed by atoms with Crippen LogP contribution >= 0.6 is 0 Å². The molecular weight excluding hydrogens is 422 g/mol. The molecule has 0 saturated carbocycles. The molecule has 3 rings (SSSR count). The van der Waals surface area contributed by atoms with Crippen LogP contribution in [0.25, 0.3) is 0 Å². The second-order valence-electron chi connectivity index (χ2n) is 7.46. The molecule has 0 spiro atoms. The number of anilines is 1. The zero-order valence-corrected chi connectivity index (χ0v) is 18.4. The lowest BCUT2D eigenvalue weighted by Gasteiger charge is -2.32. The molecule has 8 nitrogen and oxygen atoms in total. The topological polar surface area (TPSA) is 105 Å². The van der Waals surface area contributed by atoms with Gasteiger partial charge in [-0.1, -0.05) is 60.7 Å². The molecule has 0 bridgehead atoms. The normalized spacial score (nSPS) is 10.9. The van der Waals surface area contributed by atoms with E-state index >= 15 is 0 Å². The molecule has 33 heavy (non-hydrogen) atoms. The summed E-state index contributed by atoms with van der Waals surface area (Å²) in [6.45, 7) is 0.430. The van der Waals surface area contributed by atoms with Crippen LogP contribution in [0.3, 0.4) is 0 Å². The van der Waals surface area contributed by atoms with Crippen molar-refractivity contribution in [3.8, 4) is 5.75 Å². The molecule has 0 radical (unpaired) electrons. The molecule has 0 aliphatic rings. The van der Waals surface area contributed by atoms with Gasteiger partial charge in [0.15, 0.2) is 0 Å². The maximum Gasteiger partial charge on any atom is 0.296 e. The Kier molecular flexibility index (Phi) is 8.51. The average molecular weight is 450 g/mol. The predicted molar refractivity (Wildman–Crippen MR) is 126 cm³/mol. The van der Waals surface area contributed by atoms with Crippen molar-refractivity contribution in [2.24, 2.45) is 0 Å². The zero-order chi connectivity index (χ0) is 23.6. The summed E-state index contributed by atoms with van der Waals surface area (Å²) in [5.74, 6) is -0.0597. The molecule has 0 aliphatic heterocycles. The van der Waals surface area contributed by atoms with Crippen LogP contribution in [0.1, 0.15) is 23.6 Å². The summed E-state index contributed by atoms with van der Waals surface area (Å²) in [6.07, 6.45) is 0.478. The second-order valence-corrected chi connectivity index (χ2v) is 7.46. The Balaban J connectivity index is 1.89. The monoisotopic (exact) mass is 449 g/mol. The number of nitro groups is 1. The van der Waals surface area contributed by atoms with Crippen molar-refractivity contribution in [2.45, 2.75) is 12.5 Å². The molecule has 2 N–H and O–H groups in total. The smallest absolute Gasteiger partial charge is 0.296 e. The van der Waals surface area contributed by atoms with Gasteiger partial charge in [0, 0.05) is 13.2 Å². The van der Waals surface area contributed by atoms with Crippen LogP contribution in [0.2, 0.25) is 0 Å². The number of benzene rings is 3. The van der Waals surface area contributed by atoms with Gasteiger partial charge in [-0.3, -0.25) is 19.8 Å². The Labute approximate surface area is 192 Å². The lowest BCUT2D eigenvalue weighted by Crippen LogP contribution is -2.38. The molecule has 0 saturated heterocycles. The second kappa shape index (κ2) is 11.8. The molecule has 0 aromatic heterocycles. The van der Waals surface area contributed by atoms with Crippen molar-refractivity contribution in [1.29, 1.82) is 0 Å². The van der Waals surface area contributed by atoms with Gasteiger partial charge in [0.25, 0.3) is 5.69 Å². The van der Waals surface area contributed by atoms with E-state index in [1.807, 2.05) is 65.6 Å². The van der Waals surface area contributed by atoms with Crippen molar-refractivity contribution in [1.82, 2.24) is 4.90 Å². The number of hydrogen-bond donors (Lipinski definition) is 2. The van der Waals surface area contributed by atoms with Gasteiger partial charge in [-0.25, -0.2) is 0 Å². The summed E-state index contributed by atoms with van der Waals surface area (Å²) >= 11 is 0. The van der Waals surface area contributed by atoms with E-state index in [9.17, 15) is 20.0 Å². The summed E-state index contributed by atoms with van der Waals surface area (Å²) in [7, 11) is 1.42. The molecule has 0 aliphatic carbocycles. The maximum absolute atomic E-state index is 13.0. The van der Waals surface area contributed by atoms with Gasteiger partial charge in [0.1, 0.15) is 11.4 Å². The van der Waals surface area contributed by atoms with E-state index < -0.39 is 10.8 Å². The minimum Gasteiger partial charge on any atom is -0.496 e. The van der Waals surface area contributed by atoms with Crippen LogP contribution in [0, 0.1) is 10.1 Å². The molecule has 0 fully saturated rings. The van der Waals surface area contributed by atoms with E-state index in [1.54, 1.807) is 6.07 Å². The Morgan fingerprint density at radius 1 is 1.06 bits per heavy atom. The van der Waals surface area contributed by atoms with E-state index in [0.717, 1.165) is 11.1 Å². The molecule has 1 amide bonds. The number of nitrogens with one attached hydrogen (secondary N) is 1. The van der Waals surface area contributed by atoms with Crippen molar-refractivity contribution >= 4 is 17.3 Å². The van der Waals surface area contributed by atoms with Crippen molar-refractivity contribution in [3.05, 3.63) is 100 Å². The minimum atomic E-state index is -0.557. The average Bonchev–Trinajstić information content (AvgIpc) is 2.84. The summed E-state index contributed by atoms with van der Waals surface area (Å²) in [5, 5.41) is 23.6. The van der Waals surface area contributed by atoms with Gasteiger partial charge in [-0.15, -0.1) is 0 Å². The number of methoxy groups -OCH3 is 1. The predicted octanol–water partition coefficient (Wildman–Crippen LogP) is 4.02. The first-order valence-corrected chi connectivity index (χ1v) is 10.6. The number of nitrogens with zero attached hydrogens (tertiary/aromatic N) is 2. The first-order chi connectivity index (χ1) is 16.0. The number of rotatable bonds is 11. The van der Waals surface area contributed by atoms with Crippen LogP contribution in [-0.4, -0.2) is 47.6 Å². The van der Waals surface area contributed by atoms with Gasteiger partial charge >= 0.3 is 0 Å². The highest BCUT2D eigenvalue weighted by atomic mass is 16.6. The first kappa shape index (κ1) is 23.9. The number of hydrogen-bond acceptors (Lipinski definition) is 6. The van der Waals surface area contributed by atoms with E-state index in [4.69, 9.17) is 4.74 Å². The summed E-state index contributed by atoms with van der Waals surface area (Å²) < 4.78 is 5.05. The molecule has 172 valence electrons.